The molecule has 2 aromatic carbocycles. The van der Waals surface area contributed by atoms with Crippen LogP contribution in [0.3, 0.4) is 0 Å². The number of rotatable bonds is 4. The summed E-state index contributed by atoms with van der Waals surface area (Å²) < 4.78 is 5.62. The lowest BCUT2D eigenvalue weighted by molar-refractivity contribution is -0.384. The molecule has 8 heteroatoms. The Balaban J connectivity index is 2.42. The highest BCUT2D eigenvalue weighted by Gasteiger charge is 2.22. The minimum absolute atomic E-state index is 0.0878. The van der Waals surface area contributed by atoms with E-state index in [2.05, 4.69) is 0 Å². The van der Waals surface area contributed by atoms with E-state index in [1.165, 1.54) is 37.4 Å². The Kier molecular flexibility index (Phi) is 4.35. The van der Waals surface area contributed by atoms with Gasteiger partial charge in [-0.3, -0.25) is 15.0 Å². The smallest absolute Gasteiger partial charge is 0.411 e. The van der Waals surface area contributed by atoms with Gasteiger partial charge in [-0.15, -0.1) is 0 Å². The molecule has 0 spiro atoms. The molecule has 0 aliphatic rings. The molecule has 2 N–H and O–H groups in total. The molecule has 0 radical (unpaired) electrons. The Labute approximate surface area is 131 Å². The number of carbonyl (C=O) groups is 1. The fourth-order valence-corrected chi connectivity index (χ4v) is 1.97. The minimum Gasteiger partial charge on any atom is -0.508 e. The third-order valence-electron chi connectivity index (χ3n) is 3.18. The number of phenols is 1. The van der Waals surface area contributed by atoms with Crippen LogP contribution < -0.4 is 9.64 Å². The quantitative estimate of drug-likeness (QED) is 0.658. The van der Waals surface area contributed by atoms with Crippen LogP contribution >= 0.6 is 0 Å². The first-order chi connectivity index (χ1) is 10.8. The summed E-state index contributed by atoms with van der Waals surface area (Å²) in [5, 5.41) is 29.4. The Morgan fingerprint density at radius 3 is 2.52 bits per heavy atom. The number of ether oxygens (including phenoxy) is 1. The molecule has 0 aromatic heterocycles. The second kappa shape index (κ2) is 6.22. The van der Waals surface area contributed by atoms with Crippen molar-refractivity contribution in [3.63, 3.8) is 0 Å². The molecule has 0 aliphatic carbocycles. The average Bonchev–Trinajstić information content (AvgIpc) is 2.49. The number of nitro groups is 1. The zero-order valence-corrected chi connectivity index (χ0v) is 12.4. The highest BCUT2D eigenvalue weighted by molar-refractivity contribution is 5.89. The molecular weight excluding hydrogens is 304 g/mol. The van der Waals surface area contributed by atoms with Crippen LogP contribution in [0.5, 0.6) is 17.2 Å². The molecule has 120 valence electrons. The maximum Gasteiger partial charge on any atom is 0.411 e. The van der Waals surface area contributed by atoms with Crippen molar-refractivity contribution in [2.75, 3.05) is 11.9 Å². The summed E-state index contributed by atoms with van der Waals surface area (Å²) in [5.74, 6) is 0.776. The number of anilines is 1. The molecule has 0 aliphatic heterocycles. The van der Waals surface area contributed by atoms with Gasteiger partial charge in [-0.25, -0.2) is 4.79 Å². The largest absolute Gasteiger partial charge is 0.508 e. The molecule has 2 rings (SSSR count). The van der Waals surface area contributed by atoms with Crippen LogP contribution in [0, 0.1) is 17.0 Å². The Morgan fingerprint density at radius 2 is 1.96 bits per heavy atom. The van der Waals surface area contributed by atoms with Crippen LogP contribution in [0.4, 0.5) is 16.2 Å². The van der Waals surface area contributed by atoms with Crippen LogP contribution in [0.15, 0.2) is 36.4 Å². The van der Waals surface area contributed by atoms with Gasteiger partial charge in [-0.1, -0.05) is 0 Å². The average molecular weight is 318 g/mol. The van der Waals surface area contributed by atoms with Gasteiger partial charge in [0.2, 0.25) is 0 Å². The van der Waals surface area contributed by atoms with Gasteiger partial charge in [0, 0.05) is 19.2 Å². The summed E-state index contributed by atoms with van der Waals surface area (Å²) in [6.45, 7) is 1.73. The normalized spacial score (nSPS) is 10.2. The predicted octanol–water partition coefficient (Wildman–Crippen LogP) is 3.52. The number of carboxylic acid groups (broad SMARTS) is 1. The zero-order valence-electron chi connectivity index (χ0n) is 12.4. The van der Waals surface area contributed by atoms with Crippen molar-refractivity contribution in [3.05, 3.63) is 52.1 Å². The maximum atomic E-state index is 11.1. The number of aromatic hydroxyl groups is 1. The Bertz CT molecular complexity index is 775. The number of aryl methyl sites for hydroxylation is 1. The van der Waals surface area contributed by atoms with Crippen molar-refractivity contribution in [1.29, 1.82) is 0 Å². The maximum absolute atomic E-state index is 11.1. The summed E-state index contributed by atoms with van der Waals surface area (Å²) in [4.78, 5) is 22.2. The van der Waals surface area contributed by atoms with E-state index in [-0.39, 0.29) is 22.9 Å². The first-order valence-corrected chi connectivity index (χ1v) is 6.52. The van der Waals surface area contributed by atoms with E-state index in [9.17, 15) is 20.0 Å². The first-order valence-electron chi connectivity index (χ1n) is 6.52. The molecule has 1 amide bonds. The summed E-state index contributed by atoms with van der Waals surface area (Å²) in [5.41, 5.74) is 0.220. The highest BCUT2D eigenvalue weighted by Crippen LogP contribution is 2.35. The van der Waals surface area contributed by atoms with Crippen molar-refractivity contribution < 1.29 is 24.7 Å². The molecule has 8 nitrogen and oxygen atoms in total. The van der Waals surface area contributed by atoms with Crippen molar-refractivity contribution in [2.45, 2.75) is 6.92 Å². The molecule has 23 heavy (non-hydrogen) atoms. The fraction of sp³-hybridized carbons (Fsp3) is 0.133. The molecule has 0 saturated carbocycles. The molecule has 0 fully saturated rings. The van der Waals surface area contributed by atoms with Crippen LogP contribution in [-0.2, 0) is 0 Å². The number of hydrogen-bond acceptors (Lipinski definition) is 5. The Morgan fingerprint density at radius 1 is 1.26 bits per heavy atom. The number of amides is 1. The standard InChI is InChI=1S/C15H14N2O6/c1-9-7-10(18)3-6-14(9)23-11-4-5-12(17(21)22)13(8-11)16(2)15(19)20/h3-8,18H,1-2H3,(H,19,20). The highest BCUT2D eigenvalue weighted by atomic mass is 16.6. The number of hydrogen-bond donors (Lipinski definition) is 2. The number of nitro benzene ring substituents is 1. The number of benzene rings is 2. The lowest BCUT2D eigenvalue weighted by Crippen LogP contribution is -2.24. The third-order valence-corrected chi connectivity index (χ3v) is 3.18. The van der Waals surface area contributed by atoms with Gasteiger partial charge in [-0.05, 0) is 36.8 Å². The Hall–Kier alpha value is -3.29. The van der Waals surface area contributed by atoms with Gasteiger partial charge in [0.15, 0.2) is 0 Å². The fourth-order valence-electron chi connectivity index (χ4n) is 1.97. The second-order valence-corrected chi connectivity index (χ2v) is 4.80. The van der Waals surface area contributed by atoms with Gasteiger partial charge in [0.1, 0.15) is 22.9 Å². The topological polar surface area (TPSA) is 113 Å². The van der Waals surface area contributed by atoms with Crippen molar-refractivity contribution in [2.24, 2.45) is 0 Å². The molecule has 0 unspecified atom stereocenters. The number of nitrogens with zero attached hydrogens (tertiary/aromatic N) is 2. The molecule has 0 heterocycles. The van der Waals surface area contributed by atoms with Gasteiger partial charge < -0.3 is 14.9 Å². The van der Waals surface area contributed by atoms with Gasteiger partial charge >= 0.3 is 6.09 Å². The second-order valence-electron chi connectivity index (χ2n) is 4.80. The zero-order chi connectivity index (χ0) is 17.1. The van der Waals surface area contributed by atoms with Crippen LogP contribution in [0.2, 0.25) is 0 Å². The van der Waals surface area contributed by atoms with E-state index in [0.29, 0.717) is 11.3 Å². The van der Waals surface area contributed by atoms with Gasteiger partial charge in [0.05, 0.1) is 4.92 Å². The summed E-state index contributed by atoms with van der Waals surface area (Å²) >= 11 is 0. The lowest BCUT2D eigenvalue weighted by atomic mass is 10.2. The molecular formula is C15H14N2O6. The van der Waals surface area contributed by atoms with E-state index in [1.54, 1.807) is 13.0 Å². The third kappa shape index (κ3) is 3.49. The minimum atomic E-state index is -1.33. The molecule has 0 saturated heterocycles. The van der Waals surface area contributed by atoms with Crippen LogP contribution in [-0.4, -0.2) is 28.3 Å². The predicted molar refractivity (Wildman–Crippen MR) is 82.4 cm³/mol. The van der Waals surface area contributed by atoms with Gasteiger partial charge in [0.25, 0.3) is 5.69 Å². The van der Waals surface area contributed by atoms with Crippen molar-refractivity contribution in [3.8, 4) is 17.2 Å². The summed E-state index contributed by atoms with van der Waals surface area (Å²) in [6, 6.07) is 8.33. The molecule has 0 bridgehead atoms. The van der Waals surface area contributed by atoms with E-state index >= 15 is 0 Å². The molecule has 2 aromatic rings. The van der Waals surface area contributed by atoms with Crippen LogP contribution in [0.1, 0.15) is 5.56 Å². The van der Waals surface area contributed by atoms with Gasteiger partial charge in [-0.2, -0.15) is 0 Å². The summed E-state index contributed by atoms with van der Waals surface area (Å²) in [6.07, 6.45) is -1.33. The van der Waals surface area contributed by atoms with Crippen molar-refractivity contribution in [1.82, 2.24) is 0 Å². The van der Waals surface area contributed by atoms with E-state index in [1.807, 2.05) is 0 Å². The molecule has 0 atom stereocenters. The number of phenolic OH excluding ortho intramolecular Hbond substituents is 1. The lowest BCUT2D eigenvalue weighted by Gasteiger charge is -2.15. The van der Waals surface area contributed by atoms with Crippen molar-refractivity contribution >= 4 is 17.5 Å². The first kappa shape index (κ1) is 16.1. The van der Waals surface area contributed by atoms with E-state index < -0.39 is 11.0 Å². The monoisotopic (exact) mass is 318 g/mol. The SMILES string of the molecule is Cc1cc(O)ccc1Oc1ccc([N+](=O)[O-])c(N(C)C(=O)O)c1. The van der Waals surface area contributed by atoms with Crippen LogP contribution in [0.25, 0.3) is 0 Å². The van der Waals surface area contributed by atoms with E-state index in [0.717, 1.165) is 4.90 Å². The van der Waals surface area contributed by atoms with E-state index in [4.69, 9.17) is 9.84 Å². The summed E-state index contributed by atoms with van der Waals surface area (Å²) in [7, 11) is 1.21.